The molecule has 0 aliphatic heterocycles. The highest BCUT2D eigenvalue weighted by atomic mass is 31.2. The molecule has 0 aliphatic carbocycles. The third kappa shape index (κ3) is 3.31. The van der Waals surface area contributed by atoms with Crippen molar-refractivity contribution in [1.82, 2.24) is 0 Å². The van der Waals surface area contributed by atoms with Crippen LogP contribution in [-0.4, -0.2) is 0 Å². The molecule has 0 saturated heterocycles. The number of rotatable bonds is 3. The SMILES string of the molecule is O=P(c1cc(F)c(F)cc1F)(c1cc(F)c(F)cc1F)c1cc2ccccc2c2ccccc12. The van der Waals surface area contributed by atoms with Crippen molar-refractivity contribution >= 4 is 44.6 Å². The van der Waals surface area contributed by atoms with Crippen LogP contribution < -0.4 is 15.9 Å². The summed E-state index contributed by atoms with van der Waals surface area (Å²) in [5.74, 6) is -8.95. The first-order chi connectivity index (χ1) is 16.2. The van der Waals surface area contributed by atoms with Crippen molar-refractivity contribution in [1.29, 1.82) is 0 Å². The van der Waals surface area contributed by atoms with E-state index in [9.17, 15) is 22.1 Å². The first kappa shape index (κ1) is 22.2. The van der Waals surface area contributed by atoms with Gasteiger partial charge in [-0.15, -0.1) is 0 Å². The Balaban J connectivity index is 2.01. The Morgan fingerprint density at radius 3 is 1.44 bits per heavy atom. The minimum absolute atomic E-state index is 0.128. The molecule has 170 valence electrons. The predicted molar refractivity (Wildman–Crippen MR) is 121 cm³/mol. The van der Waals surface area contributed by atoms with Gasteiger partial charge in [0.2, 0.25) is 0 Å². The molecular weight excluding hydrogens is 473 g/mol. The molecular formula is C26H13F6OP. The maximum absolute atomic E-state index is 15.1. The minimum Gasteiger partial charge on any atom is -0.308 e. The van der Waals surface area contributed by atoms with E-state index in [1.165, 1.54) is 6.07 Å². The van der Waals surface area contributed by atoms with E-state index in [0.717, 1.165) is 5.39 Å². The highest BCUT2D eigenvalue weighted by Gasteiger charge is 2.38. The summed E-state index contributed by atoms with van der Waals surface area (Å²) in [7, 11) is -4.76. The zero-order valence-corrected chi connectivity index (χ0v) is 18.0. The summed E-state index contributed by atoms with van der Waals surface area (Å²) >= 11 is 0. The van der Waals surface area contributed by atoms with Crippen LogP contribution in [0.4, 0.5) is 26.3 Å². The maximum atomic E-state index is 15.1. The highest BCUT2D eigenvalue weighted by molar-refractivity contribution is 7.85. The fourth-order valence-electron chi connectivity index (χ4n) is 4.19. The number of hydrogen-bond donors (Lipinski definition) is 0. The van der Waals surface area contributed by atoms with Crippen LogP contribution in [0, 0.1) is 34.9 Å². The summed E-state index contributed by atoms with van der Waals surface area (Å²) in [4.78, 5) is 0. The lowest BCUT2D eigenvalue weighted by Gasteiger charge is -2.24. The molecule has 0 atom stereocenters. The van der Waals surface area contributed by atoms with Gasteiger partial charge in [0.05, 0.1) is 10.6 Å². The van der Waals surface area contributed by atoms with Crippen LogP contribution in [0.15, 0.2) is 78.9 Å². The van der Waals surface area contributed by atoms with Crippen LogP contribution in [0.25, 0.3) is 21.5 Å². The van der Waals surface area contributed by atoms with Crippen molar-refractivity contribution in [2.24, 2.45) is 0 Å². The monoisotopic (exact) mass is 486 g/mol. The molecule has 5 aromatic carbocycles. The molecule has 0 aliphatic rings. The normalized spacial score (nSPS) is 11.9. The molecule has 0 radical (unpaired) electrons. The maximum Gasteiger partial charge on any atom is 0.177 e. The molecule has 5 aromatic rings. The molecule has 5 rings (SSSR count). The third-order valence-corrected chi connectivity index (χ3v) is 8.83. The highest BCUT2D eigenvalue weighted by Crippen LogP contribution is 2.47. The van der Waals surface area contributed by atoms with Crippen molar-refractivity contribution in [2.75, 3.05) is 0 Å². The molecule has 0 unspecified atom stereocenters. The number of hydrogen-bond acceptors (Lipinski definition) is 1. The molecule has 1 nitrogen and oxygen atoms in total. The summed E-state index contributed by atoms with van der Waals surface area (Å²) < 4.78 is 101. The van der Waals surface area contributed by atoms with Gasteiger partial charge in [0, 0.05) is 17.4 Å². The molecule has 34 heavy (non-hydrogen) atoms. The van der Waals surface area contributed by atoms with E-state index in [1.54, 1.807) is 48.5 Å². The van der Waals surface area contributed by atoms with E-state index < -0.39 is 52.7 Å². The standard InChI is InChI=1S/C26H13F6OP/c27-18-10-22(31)25(12-20(18)29)34(33,26-13-21(30)19(28)11-23(26)32)24-9-14-5-1-2-6-15(14)16-7-3-4-8-17(16)24/h1-13H. The van der Waals surface area contributed by atoms with Gasteiger partial charge < -0.3 is 4.57 Å². The van der Waals surface area contributed by atoms with Gasteiger partial charge in [0.15, 0.2) is 30.4 Å². The first-order valence-electron chi connectivity index (χ1n) is 10.0. The second-order valence-electron chi connectivity index (χ2n) is 7.71. The average Bonchev–Trinajstić information content (AvgIpc) is 2.82. The Hall–Kier alpha value is -3.57. The minimum atomic E-state index is -4.76. The predicted octanol–water partition coefficient (Wildman–Crippen LogP) is 6.47. The van der Waals surface area contributed by atoms with Gasteiger partial charge in [-0.2, -0.15) is 0 Å². The number of halogens is 6. The topological polar surface area (TPSA) is 17.1 Å². The average molecular weight is 486 g/mol. The smallest absolute Gasteiger partial charge is 0.177 e. The molecule has 0 fully saturated rings. The fourth-order valence-corrected chi connectivity index (χ4v) is 7.15. The van der Waals surface area contributed by atoms with E-state index in [0.29, 0.717) is 28.3 Å². The number of benzene rings is 5. The fraction of sp³-hybridized carbons (Fsp3) is 0. The molecule has 8 heteroatoms. The van der Waals surface area contributed by atoms with Crippen molar-refractivity contribution in [3.63, 3.8) is 0 Å². The van der Waals surface area contributed by atoms with Crippen LogP contribution in [-0.2, 0) is 4.57 Å². The van der Waals surface area contributed by atoms with Crippen molar-refractivity contribution in [2.45, 2.75) is 0 Å². The van der Waals surface area contributed by atoms with Crippen LogP contribution in [0.5, 0.6) is 0 Å². The van der Waals surface area contributed by atoms with E-state index in [2.05, 4.69) is 0 Å². The van der Waals surface area contributed by atoms with Gasteiger partial charge >= 0.3 is 0 Å². The molecule has 0 aromatic heterocycles. The Bertz CT molecular complexity index is 1600. The molecule has 0 heterocycles. The van der Waals surface area contributed by atoms with Gasteiger partial charge in [-0.25, -0.2) is 26.3 Å². The van der Waals surface area contributed by atoms with E-state index in [1.807, 2.05) is 0 Å². The van der Waals surface area contributed by atoms with Gasteiger partial charge in [0.25, 0.3) is 0 Å². The Kier molecular flexibility index (Phi) is 5.25. The van der Waals surface area contributed by atoms with Gasteiger partial charge in [-0.3, -0.25) is 0 Å². The summed E-state index contributed by atoms with van der Waals surface area (Å²) in [5, 5.41) is 0.303. The second kappa shape index (κ2) is 8.03. The molecule has 0 bridgehead atoms. The molecule has 0 saturated carbocycles. The summed E-state index contributed by atoms with van der Waals surface area (Å²) in [5.41, 5.74) is 0. The lowest BCUT2D eigenvalue weighted by atomic mass is 10.0. The Labute approximate surface area is 189 Å². The Morgan fingerprint density at radius 2 is 0.882 bits per heavy atom. The quantitative estimate of drug-likeness (QED) is 0.124. The second-order valence-corrected chi connectivity index (χ2v) is 10.4. The van der Waals surface area contributed by atoms with E-state index in [-0.39, 0.29) is 17.4 Å². The zero-order valence-electron chi connectivity index (χ0n) is 17.1. The summed E-state index contributed by atoms with van der Waals surface area (Å²) in [6.07, 6.45) is 0. The van der Waals surface area contributed by atoms with Crippen molar-refractivity contribution < 1.29 is 30.9 Å². The van der Waals surface area contributed by atoms with Crippen LogP contribution in [0.1, 0.15) is 0 Å². The van der Waals surface area contributed by atoms with E-state index in [4.69, 9.17) is 0 Å². The molecule has 0 spiro atoms. The largest absolute Gasteiger partial charge is 0.308 e. The first-order valence-corrected chi connectivity index (χ1v) is 11.7. The third-order valence-electron chi connectivity index (χ3n) is 5.74. The Morgan fingerprint density at radius 1 is 0.441 bits per heavy atom. The van der Waals surface area contributed by atoms with Gasteiger partial charge in [-0.05, 0) is 39.7 Å². The molecule has 0 amide bonds. The van der Waals surface area contributed by atoms with Crippen molar-refractivity contribution in [3.05, 3.63) is 114 Å². The van der Waals surface area contributed by atoms with Gasteiger partial charge in [0.1, 0.15) is 11.6 Å². The van der Waals surface area contributed by atoms with Crippen LogP contribution in [0.3, 0.4) is 0 Å². The van der Waals surface area contributed by atoms with E-state index >= 15 is 8.78 Å². The van der Waals surface area contributed by atoms with Crippen LogP contribution >= 0.6 is 7.14 Å². The van der Waals surface area contributed by atoms with Crippen molar-refractivity contribution in [3.8, 4) is 0 Å². The zero-order chi connectivity index (χ0) is 24.2. The van der Waals surface area contributed by atoms with Gasteiger partial charge in [-0.1, -0.05) is 48.5 Å². The number of fused-ring (bicyclic) bond motifs is 3. The summed E-state index contributed by atoms with van der Waals surface area (Å²) in [6.45, 7) is 0. The van der Waals surface area contributed by atoms with Crippen LogP contribution in [0.2, 0.25) is 0 Å². The lowest BCUT2D eigenvalue weighted by molar-refractivity contribution is 0.496. The molecule has 0 N–H and O–H groups in total. The summed E-state index contributed by atoms with van der Waals surface area (Å²) in [6, 6.07) is 16.1. The lowest BCUT2D eigenvalue weighted by Crippen LogP contribution is -2.30.